The summed E-state index contributed by atoms with van der Waals surface area (Å²) < 4.78 is 44.0. The molecule has 0 radical (unpaired) electrons. The van der Waals surface area contributed by atoms with Crippen LogP contribution in [0.4, 0.5) is 13.2 Å². The molecule has 1 heterocycles. The van der Waals surface area contributed by atoms with E-state index in [1.807, 2.05) is 0 Å². The third-order valence-corrected chi connectivity index (χ3v) is 3.75. The van der Waals surface area contributed by atoms with E-state index in [9.17, 15) is 13.2 Å². The zero-order valence-corrected chi connectivity index (χ0v) is 10.4. The highest BCUT2D eigenvalue weighted by molar-refractivity contribution is 5.27. The van der Waals surface area contributed by atoms with Crippen LogP contribution >= 0.6 is 0 Å². The second-order valence-corrected chi connectivity index (χ2v) is 5.28. The molecule has 1 saturated heterocycles. The number of nitrogens with one attached hydrogen (secondary N) is 1. The van der Waals surface area contributed by atoms with Crippen LogP contribution in [0.5, 0.6) is 0 Å². The maximum absolute atomic E-state index is 12.7. The normalized spacial score (nSPS) is 28.4. The van der Waals surface area contributed by atoms with E-state index in [4.69, 9.17) is 4.74 Å². The molecule has 19 heavy (non-hydrogen) atoms. The van der Waals surface area contributed by atoms with E-state index >= 15 is 0 Å². The number of morpholine rings is 1. The van der Waals surface area contributed by atoms with Crippen LogP contribution in [0.15, 0.2) is 24.3 Å². The van der Waals surface area contributed by atoms with E-state index in [1.54, 1.807) is 6.07 Å². The van der Waals surface area contributed by atoms with Crippen molar-refractivity contribution in [1.82, 2.24) is 5.32 Å². The van der Waals surface area contributed by atoms with Crippen molar-refractivity contribution in [2.24, 2.45) is 5.92 Å². The molecule has 2 atom stereocenters. The van der Waals surface area contributed by atoms with Crippen molar-refractivity contribution in [3.8, 4) is 0 Å². The molecule has 1 aliphatic heterocycles. The first-order valence-electron chi connectivity index (χ1n) is 6.57. The minimum absolute atomic E-state index is 0.147. The summed E-state index contributed by atoms with van der Waals surface area (Å²) in [6, 6.07) is 5.44. The van der Waals surface area contributed by atoms with Gasteiger partial charge in [0.2, 0.25) is 0 Å². The fourth-order valence-corrected chi connectivity index (χ4v) is 2.52. The van der Waals surface area contributed by atoms with Crippen LogP contribution in [0, 0.1) is 5.92 Å². The van der Waals surface area contributed by atoms with Crippen LogP contribution in [0.1, 0.15) is 30.1 Å². The summed E-state index contributed by atoms with van der Waals surface area (Å²) in [5.74, 6) is 0.584. The number of halogens is 3. The molecule has 5 heteroatoms. The number of rotatable bonds is 2. The van der Waals surface area contributed by atoms with Crippen molar-refractivity contribution in [1.29, 1.82) is 0 Å². The van der Waals surface area contributed by atoms with Crippen LogP contribution in [0.2, 0.25) is 0 Å². The first kappa shape index (κ1) is 12.9. The van der Waals surface area contributed by atoms with Gasteiger partial charge in [0.25, 0.3) is 0 Å². The lowest BCUT2D eigenvalue weighted by atomic mass is 10.0. The van der Waals surface area contributed by atoms with Crippen LogP contribution in [-0.2, 0) is 10.9 Å². The SMILES string of the molecule is FC(F)(F)c1cccc(C2CNCC(C3CC3)O2)c1. The molecule has 104 valence electrons. The zero-order valence-electron chi connectivity index (χ0n) is 10.4. The number of alkyl halides is 3. The Hall–Kier alpha value is -1.07. The molecule has 1 aromatic carbocycles. The summed E-state index contributed by atoms with van der Waals surface area (Å²) in [5, 5.41) is 3.26. The molecule has 1 aromatic rings. The van der Waals surface area contributed by atoms with Gasteiger partial charge in [-0.05, 0) is 36.5 Å². The molecule has 1 N–H and O–H groups in total. The van der Waals surface area contributed by atoms with Crippen molar-refractivity contribution in [2.45, 2.75) is 31.2 Å². The maximum atomic E-state index is 12.7. The maximum Gasteiger partial charge on any atom is 0.416 e. The lowest BCUT2D eigenvalue weighted by Gasteiger charge is -2.31. The Bertz CT molecular complexity index is 456. The predicted molar refractivity (Wildman–Crippen MR) is 64.7 cm³/mol. The average molecular weight is 271 g/mol. The lowest BCUT2D eigenvalue weighted by Crippen LogP contribution is -2.41. The molecule has 2 unspecified atom stereocenters. The standard InChI is InChI=1S/C14H16F3NO/c15-14(16,17)11-3-1-2-10(6-11)13-8-18-7-12(19-13)9-4-5-9/h1-3,6,9,12-13,18H,4-5,7-8H2. The zero-order chi connectivity index (χ0) is 13.5. The van der Waals surface area contributed by atoms with Gasteiger partial charge in [0, 0.05) is 13.1 Å². The molecular weight excluding hydrogens is 255 g/mol. The summed E-state index contributed by atoms with van der Waals surface area (Å²) >= 11 is 0. The van der Waals surface area contributed by atoms with Gasteiger partial charge in [-0.15, -0.1) is 0 Å². The van der Waals surface area contributed by atoms with E-state index in [2.05, 4.69) is 5.32 Å². The van der Waals surface area contributed by atoms with E-state index < -0.39 is 11.7 Å². The van der Waals surface area contributed by atoms with Crippen molar-refractivity contribution < 1.29 is 17.9 Å². The Labute approximate surface area is 109 Å². The van der Waals surface area contributed by atoms with Crippen LogP contribution in [-0.4, -0.2) is 19.2 Å². The van der Waals surface area contributed by atoms with Gasteiger partial charge in [-0.2, -0.15) is 13.2 Å². The summed E-state index contributed by atoms with van der Waals surface area (Å²) in [6.45, 7) is 1.38. The Balaban J connectivity index is 1.77. The van der Waals surface area contributed by atoms with Crippen LogP contribution < -0.4 is 5.32 Å². The van der Waals surface area contributed by atoms with Gasteiger partial charge in [0.1, 0.15) is 0 Å². The van der Waals surface area contributed by atoms with Crippen molar-refractivity contribution in [2.75, 3.05) is 13.1 Å². The monoisotopic (exact) mass is 271 g/mol. The number of ether oxygens (including phenoxy) is 1. The van der Waals surface area contributed by atoms with Crippen molar-refractivity contribution in [3.05, 3.63) is 35.4 Å². The summed E-state index contributed by atoms with van der Waals surface area (Å²) in [7, 11) is 0. The van der Waals surface area contributed by atoms with Gasteiger partial charge in [-0.25, -0.2) is 0 Å². The van der Waals surface area contributed by atoms with Crippen LogP contribution in [0.3, 0.4) is 0 Å². The Morgan fingerprint density at radius 1 is 1.16 bits per heavy atom. The molecule has 0 aromatic heterocycles. The summed E-state index contributed by atoms with van der Waals surface area (Å²) in [5.41, 5.74) is -0.00480. The van der Waals surface area contributed by atoms with Gasteiger partial charge in [-0.3, -0.25) is 0 Å². The Kier molecular flexibility index (Phi) is 3.27. The van der Waals surface area contributed by atoms with Gasteiger partial charge in [0.05, 0.1) is 17.8 Å². The molecular formula is C14H16F3NO. The van der Waals surface area contributed by atoms with E-state index in [0.29, 0.717) is 18.0 Å². The third-order valence-electron chi connectivity index (χ3n) is 3.75. The molecule has 2 nitrogen and oxygen atoms in total. The van der Waals surface area contributed by atoms with Gasteiger partial charge in [0.15, 0.2) is 0 Å². The van der Waals surface area contributed by atoms with Crippen molar-refractivity contribution >= 4 is 0 Å². The minimum Gasteiger partial charge on any atom is -0.367 e. The first-order valence-corrected chi connectivity index (χ1v) is 6.57. The predicted octanol–water partition coefficient (Wildman–Crippen LogP) is 3.14. The van der Waals surface area contributed by atoms with E-state index in [1.165, 1.54) is 25.0 Å². The molecule has 0 bridgehead atoms. The second-order valence-electron chi connectivity index (χ2n) is 5.28. The number of hydrogen-bond donors (Lipinski definition) is 1. The highest BCUT2D eigenvalue weighted by Gasteiger charge is 2.37. The fourth-order valence-electron chi connectivity index (χ4n) is 2.52. The van der Waals surface area contributed by atoms with E-state index in [-0.39, 0.29) is 12.2 Å². The smallest absolute Gasteiger partial charge is 0.367 e. The lowest BCUT2D eigenvalue weighted by molar-refractivity contribution is -0.137. The quantitative estimate of drug-likeness (QED) is 0.892. The second kappa shape index (κ2) is 4.80. The molecule has 3 rings (SSSR count). The highest BCUT2D eigenvalue weighted by atomic mass is 19.4. The minimum atomic E-state index is -4.30. The number of benzene rings is 1. The fraction of sp³-hybridized carbons (Fsp3) is 0.571. The number of hydrogen-bond acceptors (Lipinski definition) is 2. The average Bonchev–Trinajstić information content (AvgIpc) is 3.22. The first-order chi connectivity index (χ1) is 9.04. The summed E-state index contributed by atoms with van der Waals surface area (Å²) in [6.07, 6.45) is -2.09. The van der Waals surface area contributed by atoms with Crippen molar-refractivity contribution in [3.63, 3.8) is 0 Å². The molecule has 2 aliphatic rings. The van der Waals surface area contributed by atoms with E-state index in [0.717, 1.165) is 12.6 Å². The Morgan fingerprint density at radius 2 is 1.95 bits per heavy atom. The van der Waals surface area contributed by atoms with Gasteiger partial charge >= 0.3 is 6.18 Å². The highest BCUT2D eigenvalue weighted by Crippen LogP contribution is 2.38. The molecule has 1 aliphatic carbocycles. The molecule has 1 saturated carbocycles. The van der Waals surface area contributed by atoms with Gasteiger partial charge in [-0.1, -0.05) is 12.1 Å². The Morgan fingerprint density at radius 3 is 2.63 bits per heavy atom. The largest absolute Gasteiger partial charge is 0.416 e. The molecule has 2 fully saturated rings. The van der Waals surface area contributed by atoms with Crippen LogP contribution in [0.25, 0.3) is 0 Å². The topological polar surface area (TPSA) is 21.3 Å². The molecule has 0 spiro atoms. The van der Waals surface area contributed by atoms with Gasteiger partial charge < -0.3 is 10.1 Å². The summed E-state index contributed by atoms with van der Waals surface area (Å²) in [4.78, 5) is 0. The third kappa shape index (κ3) is 2.92. The molecule has 0 amide bonds.